The van der Waals surface area contributed by atoms with Crippen molar-refractivity contribution in [2.75, 3.05) is 19.7 Å². The highest BCUT2D eigenvalue weighted by atomic mass is 35.5. The van der Waals surface area contributed by atoms with Crippen LogP contribution in [-0.4, -0.2) is 42.5 Å². The van der Waals surface area contributed by atoms with Crippen LogP contribution in [0.15, 0.2) is 42.5 Å². The van der Waals surface area contributed by atoms with Crippen LogP contribution in [0.2, 0.25) is 10.0 Å². The number of benzene rings is 2. The Balaban J connectivity index is 1.42. The van der Waals surface area contributed by atoms with E-state index in [9.17, 15) is 9.59 Å². The van der Waals surface area contributed by atoms with Crippen molar-refractivity contribution in [3.05, 3.63) is 63.6 Å². The Morgan fingerprint density at radius 1 is 1.10 bits per heavy atom. The molecule has 1 saturated heterocycles. The van der Waals surface area contributed by atoms with Gasteiger partial charge in [0.25, 0.3) is 11.8 Å². The van der Waals surface area contributed by atoms with Gasteiger partial charge in [-0.05, 0) is 55.2 Å². The fourth-order valence-electron chi connectivity index (χ4n) is 3.52. The van der Waals surface area contributed by atoms with Crippen molar-refractivity contribution in [2.45, 2.75) is 38.6 Å². The first-order valence-electron chi connectivity index (χ1n) is 10.2. The first-order chi connectivity index (χ1) is 14.5. The third-order valence-electron chi connectivity index (χ3n) is 5.14. The van der Waals surface area contributed by atoms with Crippen LogP contribution < -0.4 is 10.1 Å². The van der Waals surface area contributed by atoms with Crippen LogP contribution in [0.25, 0.3) is 0 Å². The number of amides is 2. The van der Waals surface area contributed by atoms with Gasteiger partial charge in [-0.1, -0.05) is 48.7 Å². The maximum Gasteiger partial charge on any atom is 0.258 e. The maximum absolute atomic E-state index is 12.7. The first kappa shape index (κ1) is 22.4. The predicted octanol–water partition coefficient (Wildman–Crippen LogP) is 4.75. The third kappa shape index (κ3) is 6.13. The number of hydrogen-bond donors (Lipinski definition) is 1. The number of nitrogens with one attached hydrogen (secondary N) is 1. The second kappa shape index (κ2) is 10.7. The summed E-state index contributed by atoms with van der Waals surface area (Å²) in [6.45, 7) is 3.24. The molecule has 1 heterocycles. The van der Waals surface area contributed by atoms with Crippen LogP contribution >= 0.6 is 23.2 Å². The standard InChI is InChI=1S/C23H26Cl2N2O3/c1-2-3-16-4-7-19(8-5-16)30-15-22(28)26-18-10-12-27(13-11-18)23(29)20-9-6-17(24)14-21(20)25/h4-9,14,18H,2-3,10-13,15H2,1H3,(H,26,28). The lowest BCUT2D eigenvalue weighted by atomic mass is 10.0. The van der Waals surface area contributed by atoms with E-state index in [-0.39, 0.29) is 24.5 Å². The summed E-state index contributed by atoms with van der Waals surface area (Å²) in [5, 5.41) is 3.84. The Morgan fingerprint density at radius 3 is 2.43 bits per heavy atom. The minimum absolute atomic E-state index is 0.0212. The summed E-state index contributed by atoms with van der Waals surface area (Å²) >= 11 is 12.0. The van der Waals surface area contributed by atoms with Crippen molar-refractivity contribution >= 4 is 35.0 Å². The number of nitrogens with zero attached hydrogens (tertiary/aromatic N) is 1. The molecular formula is C23H26Cl2N2O3. The van der Waals surface area contributed by atoms with Gasteiger partial charge >= 0.3 is 0 Å². The van der Waals surface area contributed by atoms with Crippen LogP contribution in [-0.2, 0) is 11.2 Å². The zero-order valence-corrected chi connectivity index (χ0v) is 18.5. The summed E-state index contributed by atoms with van der Waals surface area (Å²) < 4.78 is 5.58. The molecule has 0 unspecified atom stereocenters. The predicted molar refractivity (Wildman–Crippen MR) is 119 cm³/mol. The quantitative estimate of drug-likeness (QED) is 0.664. The molecule has 5 nitrogen and oxygen atoms in total. The molecule has 2 aromatic carbocycles. The highest BCUT2D eigenvalue weighted by Crippen LogP contribution is 2.23. The van der Waals surface area contributed by atoms with E-state index >= 15 is 0 Å². The fourth-order valence-corrected chi connectivity index (χ4v) is 4.01. The van der Waals surface area contributed by atoms with Gasteiger partial charge in [0.1, 0.15) is 5.75 Å². The largest absolute Gasteiger partial charge is 0.484 e. The van der Waals surface area contributed by atoms with Crippen LogP contribution in [0.4, 0.5) is 0 Å². The van der Waals surface area contributed by atoms with Crippen molar-refractivity contribution in [1.82, 2.24) is 10.2 Å². The smallest absolute Gasteiger partial charge is 0.258 e. The van der Waals surface area contributed by atoms with E-state index < -0.39 is 0 Å². The second-order valence-corrected chi connectivity index (χ2v) is 8.28. The SMILES string of the molecule is CCCc1ccc(OCC(=O)NC2CCN(C(=O)c3ccc(Cl)cc3Cl)CC2)cc1. The zero-order chi connectivity index (χ0) is 21.5. The molecule has 0 aromatic heterocycles. The Hall–Kier alpha value is -2.24. The summed E-state index contributed by atoms with van der Waals surface area (Å²) in [7, 11) is 0. The molecule has 0 aliphatic carbocycles. The van der Waals surface area contributed by atoms with Crippen molar-refractivity contribution in [3.8, 4) is 5.75 Å². The molecule has 0 saturated carbocycles. The van der Waals surface area contributed by atoms with Crippen LogP contribution in [0, 0.1) is 0 Å². The maximum atomic E-state index is 12.7. The molecule has 0 spiro atoms. The summed E-state index contributed by atoms with van der Waals surface area (Å²) in [5.74, 6) is 0.416. The highest BCUT2D eigenvalue weighted by Gasteiger charge is 2.25. The molecule has 2 aromatic rings. The minimum atomic E-state index is -0.154. The molecule has 1 aliphatic heterocycles. The average molecular weight is 449 g/mol. The fraction of sp³-hybridized carbons (Fsp3) is 0.391. The summed E-state index contributed by atoms with van der Waals surface area (Å²) in [6.07, 6.45) is 3.51. The Kier molecular flexibility index (Phi) is 8.00. The minimum Gasteiger partial charge on any atom is -0.484 e. The number of piperidine rings is 1. The van der Waals surface area contributed by atoms with Gasteiger partial charge in [-0.25, -0.2) is 0 Å². The lowest BCUT2D eigenvalue weighted by Gasteiger charge is -2.32. The number of halogens is 2. The van der Waals surface area contributed by atoms with E-state index in [1.807, 2.05) is 24.3 Å². The molecule has 2 amide bonds. The molecule has 160 valence electrons. The van der Waals surface area contributed by atoms with Gasteiger partial charge in [0.05, 0.1) is 10.6 Å². The topological polar surface area (TPSA) is 58.6 Å². The Morgan fingerprint density at radius 2 is 1.80 bits per heavy atom. The van der Waals surface area contributed by atoms with Crippen molar-refractivity contribution in [2.24, 2.45) is 0 Å². The van der Waals surface area contributed by atoms with Gasteiger partial charge in [0.15, 0.2) is 6.61 Å². The normalized spacial score (nSPS) is 14.4. The molecule has 0 radical (unpaired) electrons. The number of aryl methyl sites for hydroxylation is 1. The Labute approximate surface area is 187 Å². The number of carbonyl (C=O) groups is 2. The molecule has 1 aliphatic rings. The van der Waals surface area contributed by atoms with E-state index in [4.69, 9.17) is 27.9 Å². The van der Waals surface area contributed by atoms with Gasteiger partial charge in [0, 0.05) is 24.2 Å². The van der Waals surface area contributed by atoms with E-state index in [0.29, 0.717) is 47.3 Å². The average Bonchev–Trinajstić information content (AvgIpc) is 2.74. The summed E-state index contributed by atoms with van der Waals surface area (Å²) in [4.78, 5) is 26.7. The van der Waals surface area contributed by atoms with Gasteiger partial charge in [-0.2, -0.15) is 0 Å². The van der Waals surface area contributed by atoms with Gasteiger partial charge in [-0.15, -0.1) is 0 Å². The molecule has 30 heavy (non-hydrogen) atoms. The second-order valence-electron chi connectivity index (χ2n) is 7.44. The molecule has 0 atom stereocenters. The number of carbonyl (C=O) groups excluding carboxylic acids is 2. The molecule has 7 heteroatoms. The lowest BCUT2D eigenvalue weighted by Crippen LogP contribution is -2.47. The summed E-state index contributed by atoms with van der Waals surface area (Å²) in [5.41, 5.74) is 1.71. The van der Waals surface area contributed by atoms with E-state index in [2.05, 4.69) is 12.2 Å². The number of likely N-dealkylation sites (tertiary alicyclic amines) is 1. The molecule has 3 rings (SSSR count). The Bertz CT molecular complexity index is 879. The van der Waals surface area contributed by atoms with E-state index in [1.165, 1.54) is 5.56 Å². The first-order valence-corrected chi connectivity index (χ1v) is 11.0. The number of rotatable bonds is 7. The van der Waals surface area contributed by atoms with E-state index in [0.717, 1.165) is 12.8 Å². The molecule has 1 N–H and O–H groups in total. The van der Waals surface area contributed by atoms with Gasteiger partial charge in [-0.3, -0.25) is 9.59 Å². The molecular weight excluding hydrogens is 423 g/mol. The van der Waals surface area contributed by atoms with Crippen molar-refractivity contribution in [3.63, 3.8) is 0 Å². The van der Waals surface area contributed by atoms with Crippen LogP contribution in [0.1, 0.15) is 42.1 Å². The van der Waals surface area contributed by atoms with Crippen molar-refractivity contribution in [1.29, 1.82) is 0 Å². The highest BCUT2D eigenvalue weighted by molar-refractivity contribution is 6.36. The molecule has 1 fully saturated rings. The lowest BCUT2D eigenvalue weighted by molar-refractivity contribution is -0.124. The van der Waals surface area contributed by atoms with E-state index in [1.54, 1.807) is 23.1 Å². The van der Waals surface area contributed by atoms with Gasteiger partial charge in [0.2, 0.25) is 0 Å². The summed E-state index contributed by atoms with van der Waals surface area (Å²) in [6, 6.07) is 12.7. The monoisotopic (exact) mass is 448 g/mol. The zero-order valence-electron chi connectivity index (χ0n) is 17.0. The molecule has 0 bridgehead atoms. The van der Waals surface area contributed by atoms with Crippen molar-refractivity contribution < 1.29 is 14.3 Å². The van der Waals surface area contributed by atoms with Crippen LogP contribution in [0.3, 0.4) is 0 Å². The number of ether oxygens (including phenoxy) is 1. The van der Waals surface area contributed by atoms with Crippen LogP contribution in [0.5, 0.6) is 5.75 Å². The third-order valence-corrected chi connectivity index (χ3v) is 5.69. The number of hydrogen-bond acceptors (Lipinski definition) is 3. The van der Waals surface area contributed by atoms with Gasteiger partial charge < -0.3 is 15.0 Å².